The zero-order valence-electron chi connectivity index (χ0n) is 17.9. The highest BCUT2D eigenvalue weighted by Gasteiger charge is 2.30. The molecule has 0 aliphatic carbocycles. The molecule has 3 aromatic carbocycles. The number of aromatic nitrogens is 3. The van der Waals surface area contributed by atoms with Gasteiger partial charge in [0.25, 0.3) is 0 Å². The summed E-state index contributed by atoms with van der Waals surface area (Å²) in [6.07, 6.45) is 0. The molecule has 1 aromatic heterocycles. The molecule has 0 atom stereocenters. The van der Waals surface area contributed by atoms with E-state index < -0.39 is 5.41 Å². The maximum absolute atomic E-state index is 11.4. The van der Waals surface area contributed by atoms with Crippen LogP contribution in [0.1, 0.15) is 51.3 Å². The molecule has 1 N–H and O–H groups in total. The molecule has 0 bridgehead atoms. The Kier molecular flexibility index (Phi) is 4.86. The van der Waals surface area contributed by atoms with E-state index in [9.17, 15) is 5.11 Å². The van der Waals surface area contributed by atoms with Crippen LogP contribution in [-0.4, -0.2) is 20.1 Å². The highest BCUT2D eigenvalue weighted by Crippen LogP contribution is 2.42. The molecule has 0 unspecified atom stereocenters. The normalized spacial score (nSPS) is 12.5. The van der Waals surface area contributed by atoms with E-state index in [2.05, 4.69) is 63.0 Å². The molecular formula is C25H26ClN3O. The zero-order chi connectivity index (χ0) is 21.7. The fourth-order valence-corrected chi connectivity index (χ4v) is 3.85. The van der Waals surface area contributed by atoms with Gasteiger partial charge >= 0.3 is 0 Å². The Morgan fingerprint density at radius 1 is 0.800 bits per heavy atom. The van der Waals surface area contributed by atoms with E-state index in [1.54, 1.807) is 12.1 Å². The van der Waals surface area contributed by atoms with Crippen LogP contribution in [0.2, 0.25) is 5.02 Å². The second kappa shape index (κ2) is 7.13. The monoisotopic (exact) mass is 419 g/mol. The smallest absolute Gasteiger partial charge is 0.147 e. The van der Waals surface area contributed by atoms with Crippen LogP contribution in [-0.2, 0) is 10.8 Å². The van der Waals surface area contributed by atoms with Gasteiger partial charge < -0.3 is 5.11 Å². The predicted octanol–water partition coefficient (Wildman–Crippen LogP) is 6.40. The molecule has 30 heavy (non-hydrogen) atoms. The summed E-state index contributed by atoms with van der Waals surface area (Å²) in [5.41, 5.74) is 4.54. The number of benzene rings is 3. The van der Waals surface area contributed by atoms with E-state index in [4.69, 9.17) is 11.6 Å². The summed E-state index contributed by atoms with van der Waals surface area (Å²) < 4.78 is 0. The third kappa shape index (κ3) is 3.56. The van der Waals surface area contributed by atoms with Crippen molar-refractivity contribution in [2.24, 2.45) is 0 Å². The predicted molar refractivity (Wildman–Crippen MR) is 123 cm³/mol. The molecule has 4 nitrogen and oxygen atoms in total. The van der Waals surface area contributed by atoms with E-state index in [1.165, 1.54) is 4.80 Å². The lowest BCUT2D eigenvalue weighted by atomic mass is 9.75. The Bertz CT molecular complexity index is 1220. The summed E-state index contributed by atoms with van der Waals surface area (Å²) in [4.78, 5) is 1.51. The summed E-state index contributed by atoms with van der Waals surface area (Å²) in [6, 6.07) is 19.7. The van der Waals surface area contributed by atoms with E-state index in [1.807, 2.05) is 30.3 Å². The molecule has 1 heterocycles. The Morgan fingerprint density at radius 3 is 2.13 bits per heavy atom. The van der Waals surface area contributed by atoms with Gasteiger partial charge in [-0.25, -0.2) is 0 Å². The molecular weight excluding hydrogens is 394 g/mol. The van der Waals surface area contributed by atoms with Crippen LogP contribution in [0.25, 0.3) is 16.7 Å². The Morgan fingerprint density at radius 2 is 1.47 bits per heavy atom. The highest BCUT2D eigenvalue weighted by atomic mass is 35.5. The minimum Gasteiger partial charge on any atom is -0.505 e. The number of halogens is 1. The van der Waals surface area contributed by atoms with Crippen molar-refractivity contribution in [1.82, 2.24) is 15.0 Å². The van der Waals surface area contributed by atoms with E-state index in [0.29, 0.717) is 16.2 Å². The van der Waals surface area contributed by atoms with Crippen LogP contribution in [0.5, 0.6) is 5.75 Å². The SMILES string of the molecule is CC(C)(C)c1cc(-n2nc3ccc(Cl)cc3n2)c(O)c(C(C)(C)c2ccccc2)c1. The molecule has 0 aliphatic heterocycles. The van der Waals surface area contributed by atoms with Gasteiger partial charge in [0.1, 0.15) is 22.5 Å². The maximum Gasteiger partial charge on any atom is 0.147 e. The standard InChI is InChI=1S/C25H26ClN3O/c1-24(2,3)17-13-19(25(4,5)16-9-7-6-8-10-16)23(30)22(14-17)29-27-20-12-11-18(26)15-21(20)28-29/h6-15,30H,1-5H3. The van der Waals surface area contributed by atoms with E-state index in [0.717, 1.165) is 22.2 Å². The number of nitrogens with zero attached hydrogens (tertiary/aromatic N) is 3. The van der Waals surface area contributed by atoms with Crippen molar-refractivity contribution < 1.29 is 5.11 Å². The van der Waals surface area contributed by atoms with Crippen LogP contribution in [0, 0.1) is 0 Å². The lowest BCUT2D eigenvalue weighted by molar-refractivity contribution is 0.444. The first-order valence-corrected chi connectivity index (χ1v) is 10.4. The summed E-state index contributed by atoms with van der Waals surface area (Å²) in [7, 11) is 0. The first-order valence-electron chi connectivity index (χ1n) is 10.0. The third-order valence-electron chi connectivity index (χ3n) is 5.68. The second-order valence-electron chi connectivity index (χ2n) is 9.26. The zero-order valence-corrected chi connectivity index (χ0v) is 18.7. The van der Waals surface area contributed by atoms with Gasteiger partial charge in [-0.05, 0) is 40.8 Å². The molecule has 0 aliphatic rings. The minimum atomic E-state index is -0.406. The lowest BCUT2D eigenvalue weighted by Gasteiger charge is -2.30. The fourth-order valence-electron chi connectivity index (χ4n) is 3.69. The topological polar surface area (TPSA) is 50.9 Å². The number of phenols is 1. The second-order valence-corrected chi connectivity index (χ2v) is 9.69. The molecule has 0 amide bonds. The van der Waals surface area contributed by atoms with Crippen LogP contribution in [0.15, 0.2) is 60.7 Å². The molecule has 4 rings (SSSR count). The van der Waals surface area contributed by atoms with Crippen molar-refractivity contribution in [3.05, 3.63) is 82.4 Å². The van der Waals surface area contributed by atoms with Crippen molar-refractivity contribution in [2.45, 2.75) is 45.4 Å². The van der Waals surface area contributed by atoms with Gasteiger partial charge in [-0.15, -0.1) is 15.0 Å². The number of fused-ring (bicyclic) bond motifs is 1. The largest absolute Gasteiger partial charge is 0.505 e. The van der Waals surface area contributed by atoms with Crippen LogP contribution < -0.4 is 0 Å². The molecule has 0 saturated heterocycles. The molecule has 5 heteroatoms. The van der Waals surface area contributed by atoms with Crippen LogP contribution >= 0.6 is 11.6 Å². The number of aromatic hydroxyl groups is 1. The average Bonchev–Trinajstić information content (AvgIpc) is 3.10. The van der Waals surface area contributed by atoms with E-state index >= 15 is 0 Å². The molecule has 0 spiro atoms. The molecule has 154 valence electrons. The van der Waals surface area contributed by atoms with Crippen molar-refractivity contribution in [2.75, 3.05) is 0 Å². The van der Waals surface area contributed by atoms with Crippen LogP contribution in [0.3, 0.4) is 0 Å². The van der Waals surface area contributed by atoms with Gasteiger partial charge in [-0.2, -0.15) is 0 Å². The van der Waals surface area contributed by atoms with Crippen molar-refractivity contribution >= 4 is 22.6 Å². The summed E-state index contributed by atoms with van der Waals surface area (Å²) >= 11 is 6.12. The van der Waals surface area contributed by atoms with E-state index in [-0.39, 0.29) is 11.2 Å². The molecule has 0 saturated carbocycles. The highest BCUT2D eigenvalue weighted by molar-refractivity contribution is 6.31. The first-order chi connectivity index (χ1) is 14.1. The maximum atomic E-state index is 11.4. The molecule has 0 fully saturated rings. The van der Waals surface area contributed by atoms with Crippen LogP contribution in [0.4, 0.5) is 0 Å². The van der Waals surface area contributed by atoms with Gasteiger partial charge in [0.2, 0.25) is 0 Å². The van der Waals surface area contributed by atoms with Crippen molar-refractivity contribution in [3.8, 4) is 11.4 Å². The number of phenolic OH excluding ortho intramolecular Hbond substituents is 1. The summed E-state index contributed by atoms with van der Waals surface area (Å²) in [5.74, 6) is 0.184. The minimum absolute atomic E-state index is 0.111. The van der Waals surface area contributed by atoms with Gasteiger partial charge in [0.05, 0.1) is 0 Å². The Hall–Kier alpha value is -2.85. The fraction of sp³-hybridized carbons (Fsp3) is 0.280. The third-order valence-corrected chi connectivity index (χ3v) is 5.92. The summed E-state index contributed by atoms with van der Waals surface area (Å²) in [5, 5.41) is 21.2. The van der Waals surface area contributed by atoms with Crippen molar-refractivity contribution in [1.29, 1.82) is 0 Å². The lowest BCUT2D eigenvalue weighted by Crippen LogP contribution is -2.22. The first kappa shape index (κ1) is 20.4. The van der Waals surface area contributed by atoms with Gasteiger partial charge in [-0.3, -0.25) is 0 Å². The Balaban J connectivity index is 1.98. The number of hydrogen-bond donors (Lipinski definition) is 1. The van der Waals surface area contributed by atoms with Gasteiger partial charge in [0, 0.05) is 16.0 Å². The van der Waals surface area contributed by atoms with Gasteiger partial charge in [-0.1, -0.05) is 82.6 Å². The summed E-state index contributed by atoms with van der Waals surface area (Å²) in [6.45, 7) is 10.7. The number of rotatable bonds is 3. The molecule has 4 aromatic rings. The average molecular weight is 420 g/mol. The van der Waals surface area contributed by atoms with Crippen molar-refractivity contribution in [3.63, 3.8) is 0 Å². The number of hydrogen-bond acceptors (Lipinski definition) is 3. The Labute approximate surface area is 182 Å². The quantitative estimate of drug-likeness (QED) is 0.417. The van der Waals surface area contributed by atoms with Gasteiger partial charge in [0.15, 0.2) is 0 Å². The molecule has 0 radical (unpaired) electrons.